The number of nitrogens with one attached hydrogen (secondary N) is 2. The van der Waals surface area contributed by atoms with Crippen molar-refractivity contribution in [3.05, 3.63) is 0 Å². The SMILES string of the molecule is CC(CC1CCCCCN1)NC1CC(O)C1(C)C. The first-order chi connectivity index (χ1) is 8.50. The summed E-state index contributed by atoms with van der Waals surface area (Å²) >= 11 is 0. The van der Waals surface area contributed by atoms with Gasteiger partial charge in [0.05, 0.1) is 6.10 Å². The standard InChI is InChI=1S/C15H30N2O/c1-11(9-12-7-5-4-6-8-16-12)17-13-10-14(18)15(13,2)3/h11-14,16-18H,4-10H2,1-3H3. The van der Waals surface area contributed by atoms with E-state index in [1.807, 2.05) is 0 Å². The fraction of sp³-hybridized carbons (Fsp3) is 1.00. The van der Waals surface area contributed by atoms with Crippen LogP contribution in [-0.2, 0) is 0 Å². The van der Waals surface area contributed by atoms with E-state index in [2.05, 4.69) is 31.4 Å². The molecule has 1 aliphatic heterocycles. The van der Waals surface area contributed by atoms with E-state index < -0.39 is 0 Å². The van der Waals surface area contributed by atoms with Crippen LogP contribution in [0.15, 0.2) is 0 Å². The Morgan fingerprint density at radius 3 is 2.78 bits per heavy atom. The van der Waals surface area contributed by atoms with Gasteiger partial charge in [0, 0.05) is 23.5 Å². The molecular formula is C15H30N2O. The molecule has 106 valence electrons. The predicted molar refractivity (Wildman–Crippen MR) is 75.7 cm³/mol. The molecule has 3 N–H and O–H groups in total. The summed E-state index contributed by atoms with van der Waals surface area (Å²) in [6.07, 6.45) is 7.41. The molecule has 0 aromatic rings. The molecule has 4 atom stereocenters. The van der Waals surface area contributed by atoms with E-state index in [1.54, 1.807) is 0 Å². The highest BCUT2D eigenvalue weighted by Crippen LogP contribution is 2.40. The second kappa shape index (κ2) is 5.89. The van der Waals surface area contributed by atoms with Crippen LogP contribution in [0.2, 0.25) is 0 Å². The summed E-state index contributed by atoms with van der Waals surface area (Å²) in [6.45, 7) is 7.79. The van der Waals surface area contributed by atoms with Crippen molar-refractivity contribution in [3.63, 3.8) is 0 Å². The van der Waals surface area contributed by atoms with Crippen molar-refractivity contribution in [1.29, 1.82) is 0 Å². The van der Waals surface area contributed by atoms with Crippen LogP contribution >= 0.6 is 0 Å². The molecule has 2 fully saturated rings. The third kappa shape index (κ3) is 3.25. The van der Waals surface area contributed by atoms with Crippen LogP contribution in [-0.4, -0.2) is 35.9 Å². The fourth-order valence-electron chi connectivity index (χ4n) is 3.33. The zero-order chi connectivity index (χ0) is 13.2. The van der Waals surface area contributed by atoms with Crippen LogP contribution in [0.3, 0.4) is 0 Å². The van der Waals surface area contributed by atoms with Gasteiger partial charge in [0.1, 0.15) is 0 Å². The van der Waals surface area contributed by atoms with Crippen molar-refractivity contribution in [2.75, 3.05) is 6.54 Å². The molecule has 0 radical (unpaired) electrons. The highest BCUT2D eigenvalue weighted by atomic mass is 16.3. The smallest absolute Gasteiger partial charge is 0.0621 e. The first-order valence-corrected chi connectivity index (χ1v) is 7.67. The molecule has 0 spiro atoms. The van der Waals surface area contributed by atoms with Crippen molar-refractivity contribution in [1.82, 2.24) is 10.6 Å². The van der Waals surface area contributed by atoms with Gasteiger partial charge in [0.15, 0.2) is 0 Å². The molecule has 1 saturated carbocycles. The molecular weight excluding hydrogens is 224 g/mol. The number of aliphatic hydroxyl groups is 1. The van der Waals surface area contributed by atoms with E-state index in [9.17, 15) is 5.11 Å². The van der Waals surface area contributed by atoms with Crippen LogP contribution < -0.4 is 10.6 Å². The summed E-state index contributed by atoms with van der Waals surface area (Å²) < 4.78 is 0. The number of rotatable bonds is 4. The Morgan fingerprint density at radius 2 is 2.11 bits per heavy atom. The number of hydrogen-bond acceptors (Lipinski definition) is 3. The first kappa shape index (κ1) is 14.3. The maximum atomic E-state index is 9.77. The average molecular weight is 254 g/mol. The highest BCUT2D eigenvalue weighted by molar-refractivity contribution is 5.02. The molecule has 0 aromatic heterocycles. The van der Waals surface area contributed by atoms with E-state index in [-0.39, 0.29) is 11.5 Å². The molecule has 0 aromatic carbocycles. The lowest BCUT2D eigenvalue weighted by molar-refractivity contribution is -0.0757. The molecule has 3 heteroatoms. The van der Waals surface area contributed by atoms with Gasteiger partial charge in [-0.1, -0.05) is 26.7 Å². The van der Waals surface area contributed by atoms with Crippen molar-refractivity contribution < 1.29 is 5.11 Å². The molecule has 1 heterocycles. The summed E-state index contributed by atoms with van der Waals surface area (Å²) in [4.78, 5) is 0. The minimum absolute atomic E-state index is 0.0468. The summed E-state index contributed by atoms with van der Waals surface area (Å²) in [5, 5.41) is 17.1. The second-order valence-corrected chi connectivity index (χ2v) is 6.93. The van der Waals surface area contributed by atoms with Crippen molar-refractivity contribution in [3.8, 4) is 0 Å². The van der Waals surface area contributed by atoms with E-state index in [0.29, 0.717) is 18.1 Å². The molecule has 4 unspecified atom stereocenters. The number of hydrogen-bond donors (Lipinski definition) is 3. The van der Waals surface area contributed by atoms with Crippen LogP contribution in [0.4, 0.5) is 0 Å². The van der Waals surface area contributed by atoms with Crippen LogP contribution in [0.1, 0.15) is 59.3 Å². The maximum absolute atomic E-state index is 9.77. The van der Waals surface area contributed by atoms with Gasteiger partial charge in [-0.3, -0.25) is 0 Å². The van der Waals surface area contributed by atoms with E-state index in [4.69, 9.17) is 0 Å². The van der Waals surface area contributed by atoms with E-state index in [0.717, 1.165) is 6.42 Å². The molecule has 18 heavy (non-hydrogen) atoms. The van der Waals surface area contributed by atoms with Gasteiger partial charge in [-0.05, 0) is 39.2 Å². The van der Waals surface area contributed by atoms with Crippen molar-refractivity contribution in [2.45, 2.75) is 83.5 Å². The summed E-state index contributed by atoms with van der Waals surface area (Å²) in [6, 6.07) is 1.70. The van der Waals surface area contributed by atoms with Gasteiger partial charge in [-0.2, -0.15) is 0 Å². The summed E-state index contributed by atoms with van der Waals surface area (Å²) in [5.41, 5.74) is 0.0468. The van der Waals surface area contributed by atoms with Crippen molar-refractivity contribution >= 4 is 0 Å². The molecule has 2 rings (SSSR count). The summed E-state index contributed by atoms with van der Waals surface area (Å²) in [5.74, 6) is 0. The predicted octanol–water partition coefficient (Wildman–Crippen LogP) is 2.05. The van der Waals surface area contributed by atoms with Gasteiger partial charge in [-0.15, -0.1) is 0 Å². The van der Waals surface area contributed by atoms with Gasteiger partial charge in [0.2, 0.25) is 0 Å². The minimum atomic E-state index is -0.127. The Morgan fingerprint density at radius 1 is 1.33 bits per heavy atom. The van der Waals surface area contributed by atoms with Gasteiger partial charge in [-0.25, -0.2) is 0 Å². The highest BCUT2D eigenvalue weighted by Gasteiger charge is 2.47. The fourth-order valence-corrected chi connectivity index (χ4v) is 3.33. The summed E-state index contributed by atoms with van der Waals surface area (Å²) in [7, 11) is 0. The molecule has 1 saturated heterocycles. The van der Waals surface area contributed by atoms with Gasteiger partial charge < -0.3 is 15.7 Å². The monoisotopic (exact) mass is 254 g/mol. The van der Waals surface area contributed by atoms with E-state index >= 15 is 0 Å². The molecule has 3 nitrogen and oxygen atoms in total. The second-order valence-electron chi connectivity index (χ2n) is 6.93. The molecule has 0 bridgehead atoms. The zero-order valence-corrected chi connectivity index (χ0v) is 12.2. The Balaban J connectivity index is 1.73. The van der Waals surface area contributed by atoms with Crippen LogP contribution in [0.5, 0.6) is 0 Å². The molecule has 0 amide bonds. The van der Waals surface area contributed by atoms with Gasteiger partial charge >= 0.3 is 0 Å². The Labute approximate surface area is 112 Å². The van der Waals surface area contributed by atoms with Crippen LogP contribution in [0.25, 0.3) is 0 Å². The third-order valence-electron chi connectivity index (χ3n) is 5.00. The lowest BCUT2D eigenvalue weighted by atomic mass is 9.64. The topological polar surface area (TPSA) is 44.3 Å². The maximum Gasteiger partial charge on any atom is 0.0621 e. The minimum Gasteiger partial charge on any atom is -0.392 e. The average Bonchev–Trinajstić information content (AvgIpc) is 2.57. The van der Waals surface area contributed by atoms with Crippen LogP contribution in [0, 0.1) is 5.41 Å². The zero-order valence-electron chi connectivity index (χ0n) is 12.2. The Hall–Kier alpha value is -0.120. The lowest BCUT2D eigenvalue weighted by Gasteiger charge is -2.50. The third-order valence-corrected chi connectivity index (χ3v) is 5.00. The molecule has 2 aliphatic rings. The normalized spacial score (nSPS) is 37.7. The number of aliphatic hydroxyl groups excluding tert-OH is 1. The quantitative estimate of drug-likeness (QED) is 0.719. The van der Waals surface area contributed by atoms with Crippen molar-refractivity contribution in [2.24, 2.45) is 5.41 Å². The molecule has 1 aliphatic carbocycles. The Kier molecular flexibility index (Phi) is 4.68. The first-order valence-electron chi connectivity index (χ1n) is 7.67. The Bertz CT molecular complexity index is 259. The lowest BCUT2D eigenvalue weighted by Crippen LogP contribution is -2.62. The van der Waals surface area contributed by atoms with E-state index in [1.165, 1.54) is 38.6 Å². The largest absolute Gasteiger partial charge is 0.392 e. The van der Waals surface area contributed by atoms with Gasteiger partial charge in [0.25, 0.3) is 0 Å².